The summed E-state index contributed by atoms with van der Waals surface area (Å²) in [5, 5.41) is 21.7. The molecule has 3 atom stereocenters. The number of hydrogen-bond donors (Lipinski definition) is 4. The lowest BCUT2D eigenvalue weighted by Gasteiger charge is -2.36. The maximum atomic E-state index is 12.2. The number of nitrogens with zero attached hydrogens (tertiary/aromatic N) is 2. The maximum Gasteiger partial charge on any atom is 0.243 e. The molecular formula is C35H38N4O6S. The van der Waals surface area contributed by atoms with Gasteiger partial charge in [-0.3, -0.25) is 14.8 Å². The van der Waals surface area contributed by atoms with Gasteiger partial charge >= 0.3 is 0 Å². The number of aliphatic hydroxyl groups excluding tert-OH is 1. The number of ether oxygens (including phenoxy) is 2. The van der Waals surface area contributed by atoms with Crippen molar-refractivity contribution in [1.82, 2.24) is 20.8 Å². The zero-order valence-corrected chi connectivity index (χ0v) is 26.2. The Labute approximate surface area is 272 Å². The number of carbonyl (C=O) groups excluding carboxylic acids is 2. The van der Waals surface area contributed by atoms with E-state index in [0.29, 0.717) is 43.1 Å². The van der Waals surface area contributed by atoms with Gasteiger partial charge in [-0.1, -0.05) is 78.5 Å². The topological polar surface area (TPSA) is 143 Å². The molecule has 11 heteroatoms. The molecule has 1 fully saturated rings. The van der Waals surface area contributed by atoms with Crippen LogP contribution in [-0.2, 0) is 32.2 Å². The molecule has 3 unspecified atom stereocenters. The van der Waals surface area contributed by atoms with Gasteiger partial charge in [0.25, 0.3) is 0 Å². The standard InChI is InChI=1S/C35H38N4O6S/c40-22-24-9-11-27(12-10-24)31-20-30(23-46-35-36-17-4-18-37-35)44-34(45-31)28-15-13-26(14-16-28)29-6-3-5-25(19-29)21-38-32(41)7-1-2-8-33(42)39-43/h3-6,9-19,30-31,34,40,43H,1-2,7-8,20-23H2,(H,38,41)(H,39,42). The van der Waals surface area contributed by atoms with E-state index in [1.54, 1.807) is 35.7 Å². The van der Waals surface area contributed by atoms with E-state index < -0.39 is 12.2 Å². The summed E-state index contributed by atoms with van der Waals surface area (Å²) in [5.74, 6) is 0.149. The lowest BCUT2D eigenvalue weighted by Crippen LogP contribution is -2.31. The molecule has 2 heterocycles. The zero-order chi connectivity index (χ0) is 32.1. The van der Waals surface area contributed by atoms with E-state index in [2.05, 4.69) is 21.4 Å². The van der Waals surface area contributed by atoms with Crippen molar-refractivity contribution >= 4 is 23.6 Å². The molecule has 0 radical (unpaired) electrons. The van der Waals surface area contributed by atoms with Crippen LogP contribution in [0, 0.1) is 0 Å². The molecule has 240 valence electrons. The SMILES string of the molecule is O=C(CCCCC(=O)NCc1cccc(-c2ccc(C3OC(CSc4ncccn4)CC(c4ccc(CO)cc4)O3)cc2)c1)NO. The summed E-state index contributed by atoms with van der Waals surface area (Å²) in [4.78, 5) is 32.0. The summed E-state index contributed by atoms with van der Waals surface area (Å²) < 4.78 is 12.9. The minimum Gasteiger partial charge on any atom is -0.392 e. The number of benzene rings is 3. The van der Waals surface area contributed by atoms with E-state index in [1.165, 1.54) is 0 Å². The predicted molar refractivity (Wildman–Crippen MR) is 173 cm³/mol. The number of rotatable bonds is 14. The smallest absolute Gasteiger partial charge is 0.243 e. The number of thioether (sulfide) groups is 1. The highest BCUT2D eigenvalue weighted by atomic mass is 32.2. The molecule has 1 aliphatic heterocycles. The molecule has 2 amide bonds. The number of aromatic nitrogens is 2. The van der Waals surface area contributed by atoms with Gasteiger partial charge in [-0.25, -0.2) is 15.4 Å². The second kappa shape index (κ2) is 17.0. The maximum absolute atomic E-state index is 12.2. The van der Waals surface area contributed by atoms with E-state index in [1.807, 2.05) is 66.7 Å². The Morgan fingerprint density at radius 3 is 2.26 bits per heavy atom. The highest BCUT2D eigenvalue weighted by Crippen LogP contribution is 2.39. The quantitative estimate of drug-likeness (QED) is 0.0451. The van der Waals surface area contributed by atoms with Crippen molar-refractivity contribution in [2.45, 2.75) is 68.9 Å². The fraction of sp³-hybridized carbons (Fsp3) is 0.314. The highest BCUT2D eigenvalue weighted by Gasteiger charge is 2.32. The van der Waals surface area contributed by atoms with E-state index in [0.717, 1.165) is 33.4 Å². The van der Waals surface area contributed by atoms with Gasteiger partial charge in [0, 0.05) is 49.5 Å². The zero-order valence-electron chi connectivity index (χ0n) is 25.4. The van der Waals surface area contributed by atoms with Gasteiger partial charge in [0.05, 0.1) is 18.8 Å². The first-order valence-corrected chi connectivity index (χ1v) is 16.3. The summed E-state index contributed by atoms with van der Waals surface area (Å²) in [7, 11) is 0. The Balaban J connectivity index is 1.22. The van der Waals surface area contributed by atoms with Gasteiger partial charge in [-0.15, -0.1) is 0 Å². The van der Waals surface area contributed by atoms with Crippen LogP contribution in [0.2, 0.25) is 0 Å². The lowest BCUT2D eigenvalue weighted by molar-refractivity contribution is -0.245. The average molecular weight is 643 g/mol. The Morgan fingerprint density at radius 2 is 1.54 bits per heavy atom. The van der Waals surface area contributed by atoms with Gasteiger partial charge in [-0.2, -0.15) is 0 Å². The van der Waals surface area contributed by atoms with E-state index >= 15 is 0 Å². The number of hydroxylamine groups is 1. The van der Waals surface area contributed by atoms with E-state index in [-0.39, 0.29) is 31.1 Å². The molecule has 1 saturated heterocycles. The van der Waals surface area contributed by atoms with Gasteiger partial charge in [0.1, 0.15) is 0 Å². The van der Waals surface area contributed by atoms with Crippen molar-refractivity contribution in [2.75, 3.05) is 5.75 Å². The fourth-order valence-electron chi connectivity index (χ4n) is 5.16. The Bertz CT molecular complexity index is 1560. The normalized spacial score (nSPS) is 17.7. The van der Waals surface area contributed by atoms with Crippen molar-refractivity contribution in [1.29, 1.82) is 0 Å². The van der Waals surface area contributed by atoms with Gasteiger partial charge in [0.2, 0.25) is 11.8 Å². The molecular weight excluding hydrogens is 604 g/mol. The van der Waals surface area contributed by atoms with Crippen LogP contribution >= 0.6 is 11.8 Å². The molecule has 5 rings (SSSR count). The minimum atomic E-state index is -0.563. The Hall–Kier alpha value is -4.13. The molecule has 10 nitrogen and oxygen atoms in total. The summed E-state index contributed by atoms with van der Waals surface area (Å²) in [6, 6.07) is 25.8. The van der Waals surface area contributed by atoms with Crippen molar-refractivity contribution < 1.29 is 29.4 Å². The fourth-order valence-corrected chi connectivity index (χ4v) is 5.98. The first-order valence-electron chi connectivity index (χ1n) is 15.3. The monoisotopic (exact) mass is 642 g/mol. The Kier molecular flexibility index (Phi) is 12.3. The summed E-state index contributed by atoms with van der Waals surface area (Å²) in [5.41, 5.74) is 7.42. The lowest BCUT2D eigenvalue weighted by atomic mass is 9.99. The number of carbonyl (C=O) groups is 2. The molecule has 46 heavy (non-hydrogen) atoms. The predicted octanol–water partition coefficient (Wildman–Crippen LogP) is 5.66. The second-order valence-electron chi connectivity index (χ2n) is 11.0. The van der Waals surface area contributed by atoms with E-state index in [4.69, 9.17) is 14.7 Å². The summed E-state index contributed by atoms with van der Waals surface area (Å²) in [6.07, 6.45) is 4.91. The average Bonchev–Trinajstić information content (AvgIpc) is 3.12. The molecule has 0 aliphatic carbocycles. The third-order valence-corrected chi connectivity index (χ3v) is 8.68. The third-order valence-electron chi connectivity index (χ3n) is 7.67. The van der Waals surface area contributed by atoms with E-state index in [9.17, 15) is 14.7 Å². The third kappa shape index (κ3) is 9.68. The van der Waals surface area contributed by atoms with Crippen LogP contribution in [0.1, 0.15) is 66.8 Å². The van der Waals surface area contributed by atoms with Crippen molar-refractivity contribution in [3.63, 3.8) is 0 Å². The van der Waals surface area contributed by atoms with Crippen LogP contribution in [0.5, 0.6) is 0 Å². The second-order valence-corrected chi connectivity index (χ2v) is 12.0. The van der Waals surface area contributed by atoms with Gasteiger partial charge < -0.3 is 19.9 Å². The molecule has 4 aromatic rings. The summed E-state index contributed by atoms with van der Waals surface area (Å²) in [6.45, 7) is 0.395. The van der Waals surface area contributed by atoms with Crippen LogP contribution in [0.15, 0.2) is 96.4 Å². The largest absolute Gasteiger partial charge is 0.392 e. The van der Waals surface area contributed by atoms with Crippen molar-refractivity contribution in [3.05, 3.63) is 114 Å². The van der Waals surface area contributed by atoms with Crippen LogP contribution < -0.4 is 10.8 Å². The van der Waals surface area contributed by atoms with Crippen LogP contribution in [0.4, 0.5) is 0 Å². The molecule has 3 aromatic carbocycles. The van der Waals surface area contributed by atoms with Crippen LogP contribution in [-0.4, -0.2) is 44.0 Å². The number of amides is 2. The molecule has 4 N–H and O–H groups in total. The van der Waals surface area contributed by atoms with Crippen molar-refractivity contribution in [3.8, 4) is 11.1 Å². The minimum absolute atomic E-state index is 0.00712. The van der Waals surface area contributed by atoms with Crippen molar-refractivity contribution in [2.24, 2.45) is 0 Å². The van der Waals surface area contributed by atoms with Gasteiger partial charge in [-0.05, 0) is 52.8 Å². The molecule has 0 spiro atoms. The van der Waals surface area contributed by atoms with Crippen LogP contribution in [0.3, 0.4) is 0 Å². The van der Waals surface area contributed by atoms with Crippen LogP contribution in [0.25, 0.3) is 11.1 Å². The molecule has 0 bridgehead atoms. The first kappa shape index (κ1) is 33.2. The first-order chi connectivity index (χ1) is 22.5. The molecule has 1 aliphatic rings. The number of unbranched alkanes of at least 4 members (excludes halogenated alkanes) is 1. The number of nitrogens with one attached hydrogen (secondary N) is 2. The number of aliphatic hydroxyl groups is 1. The molecule has 0 saturated carbocycles. The van der Waals surface area contributed by atoms with Gasteiger partial charge in [0.15, 0.2) is 11.4 Å². The molecule has 1 aromatic heterocycles. The Morgan fingerprint density at radius 1 is 0.826 bits per heavy atom. The summed E-state index contributed by atoms with van der Waals surface area (Å²) >= 11 is 1.56. The highest BCUT2D eigenvalue weighted by molar-refractivity contribution is 7.99. The number of hydrogen-bond acceptors (Lipinski definition) is 9.